The molecule has 1 unspecified atom stereocenters. The van der Waals surface area contributed by atoms with Gasteiger partial charge in [-0.1, -0.05) is 28.8 Å². The van der Waals surface area contributed by atoms with Crippen LogP contribution in [0.15, 0.2) is 28.7 Å². The third kappa shape index (κ3) is 4.27. The molecule has 1 saturated carbocycles. The number of hydrogen-bond acceptors (Lipinski definition) is 6. The van der Waals surface area contributed by atoms with Crippen LogP contribution in [0.5, 0.6) is 0 Å². The number of benzene rings is 1. The molecule has 0 spiro atoms. The lowest BCUT2D eigenvalue weighted by Crippen LogP contribution is -2.48. The van der Waals surface area contributed by atoms with Gasteiger partial charge in [-0.25, -0.2) is 8.42 Å². The zero-order valence-electron chi connectivity index (χ0n) is 15.4. The largest absolute Gasteiger partial charge is 0.334 e. The molecule has 2 heterocycles. The van der Waals surface area contributed by atoms with Gasteiger partial charge in [0.15, 0.2) is 9.84 Å². The van der Waals surface area contributed by atoms with Gasteiger partial charge in [0.1, 0.15) is 6.54 Å². The van der Waals surface area contributed by atoms with Crippen molar-refractivity contribution < 1.29 is 13.2 Å². The fourth-order valence-corrected chi connectivity index (χ4v) is 6.09. The predicted molar refractivity (Wildman–Crippen MR) is 107 cm³/mol. The van der Waals surface area contributed by atoms with E-state index in [4.69, 9.17) is 0 Å². The summed E-state index contributed by atoms with van der Waals surface area (Å²) in [5, 5.41) is 12.4. The lowest BCUT2D eigenvalue weighted by atomic mass is 10.1. The molecule has 1 saturated heterocycles. The average molecular weight is 468 g/mol. The van der Waals surface area contributed by atoms with E-state index in [1.165, 1.54) is 4.80 Å². The standard InChI is InChI=1S/C18H22BrN5O3S/c19-14-7-5-13(6-8-14)18-20-22-23(21-18)11-17(25)24(15-3-1-2-4-15)16-9-10-28(26,27)12-16/h5-8,15-16H,1-4,9-12H2. The van der Waals surface area contributed by atoms with Crippen molar-refractivity contribution in [2.24, 2.45) is 0 Å². The second-order valence-corrected chi connectivity index (χ2v) is 10.6. The maximum Gasteiger partial charge on any atom is 0.246 e. The van der Waals surface area contributed by atoms with Gasteiger partial charge in [-0.2, -0.15) is 4.80 Å². The first-order valence-electron chi connectivity index (χ1n) is 9.47. The number of carbonyl (C=O) groups excluding carboxylic acids is 1. The lowest BCUT2D eigenvalue weighted by Gasteiger charge is -2.33. The quantitative estimate of drug-likeness (QED) is 0.667. The van der Waals surface area contributed by atoms with Crippen LogP contribution in [0.2, 0.25) is 0 Å². The molecule has 4 rings (SSSR count). The van der Waals surface area contributed by atoms with Gasteiger partial charge in [-0.15, -0.1) is 10.2 Å². The number of nitrogens with zero attached hydrogens (tertiary/aromatic N) is 5. The van der Waals surface area contributed by atoms with Crippen molar-refractivity contribution in [3.8, 4) is 11.4 Å². The van der Waals surface area contributed by atoms with Crippen molar-refractivity contribution >= 4 is 31.7 Å². The van der Waals surface area contributed by atoms with E-state index in [-0.39, 0.29) is 36.0 Å². The number of tetrazole rings is 1. The number of amides is 1. The van der Waals surface area contributed by atoms with Crippen LogP contribution in [0.25, 0.3) is 11.4 Å². The molecule has 1 aromatic carbocycles. The summed E-state index contributed by atoms with van der Waals surface area (Å²) in [5.74, 6) is 0.540. The molecule has 0 N–H and O–H groups in total. The molecule has 2 aliphatic rings. The van der Waals surface area contributed by atoms with Crippen molar-refractivity contribution in [2.45, 2.75) is 50.7 Å². The number of halogens is 1. The minimum absolute atomic E-state index is 0.0312. The van der Waals surface area contributed by atoms with Gasteiger partial charge in [0.2, 0.25) is 11.7 Å². The number of sulfone groups is 1. The van der Waals surface area contributed by atoms with Crippen molar-refractivity contribution in [2.75, 3.05) is 11.5 Å². The Labute approximate surface area is 172 Å². The Morgan fingerprint density at radius 3 is 2.50 bits per heavy atom. The third-order valence-electron chi connectivity index (χ3n) is 5.44. The van der Waals surface area contributed by atoms with Gasteiger partial charge < -0.3 is 4.90 Å². The van der Waals surface area contributed by atoms with Crippen LogP contribution in [-0.2, 0) is 21.2 Å². The first kappa shape index (κ1) is 19.5. The molecule has 1 aromatic heterocycles. The van der Waals surface area contributed by atoms with Crippen LogP contribution >= 0.6 is 15.9 Å². The molecule has 2 fully saturated rings. The Bertz CT molecular complexity index is 954. The molecule has 1 atom stereocenters. The zero-order chi connectivity index (χ0) is 19.7. The van der Waals surface area contributed by atoms with Gasteiger partial charge in [0.05, 0.1) is 11.5 Å². The summed E-state index contributed by atoms with van der Waals surface area (Å²) >= 11 is 3.39. The molecule has 8 nitrogen and oxygen atoms in total. The summed E-state index contributed by atoms with van der Waals surface area (Å²) in [5.41, 5.74) is 0.816. The van der Waals surface area contributed by atoms with E-state index in [0.717, 1.165) is 35.7 Å². The van der Waals surface area contributed by atoms with E-state index in [9.17, 15) is 13.2 Å². The van der Waals surface area contributed by atoms with E-state index in [1.807, 2.05) is 24.3 Å². The first-order valence-corrected chi connectivity index (χ1v) is 12.1. The summed E-state index contributed by atoms with van der Waals surface area (Å²) in [6.45, 7) is -0.0312. The highest BCUT2D eigenvalue weighted by molar-refractivity contribution is 9.10. The maximum absolute atomic E-state index is 13.1. The van der Waals surface area contributed by atoms with Crippen molar-refractivity contribution in [3.63, 3.8) is 0 Å². The highest BCUT2D eigenvalue weighted by Gasteiger charge is 2.39. The number of carbonyl (C=O) groups is 1. The molecule has 150 valence electrons. The topological polar surface area (TPSA) is 98.1 Å². The Morgan fingerprint density at radius 1 is 1.14 bits per heavy atom. The Kier molecular flexibility index (Phi) is 5.50. The lowest BCUT2D eigenvalue weighted by molar-refractivity contribution is -0.136. The van der Waals surface area contributed by atoms with Gasteiger partial charge in [0.25, 0.3) is 0 Å². The minimum Gasteiger partial charge on any atom is -0.334 e. The van der Waals surface area contributed by atoms with Crippen LogP contribution in [0.1, 0.15) is 32.1 Å². The Morgan fingerprint density at radius 2 is 1.86 bits per heavy atom. The summed E-state index contributed by atoms with van der Waals surface area (Å²) in [6.07, 6.45) is 4.51. The molecule has 1 aliphatic heterocycles. The normalized spacial score (nSPS) is 21.8. The van der Waals surface area contributed by atoms with Gasteiger partial charge >= 0.3 is 0 Å². The van der Waals surface area contributed by atoms with Crippen LogP contribution < -0.4 is 0 Å². The average Bonchev–Trinajstić information content (AvgIpc) is 3.38. The molecule has 1 aliphatic carbocycles. The molecule has 2 aromatic rings. The maximum atomic E-state index is 13.1. The van der Waals surface area contributed by atoms with E-state index in [1.54, 1.807) is 4.90 Å². The van der Waals surface area contributed by atoms with Crippen molar-refractivity contribution in [3.05, 3.63) is 28.7 Å². The van der Waals surface area contributed by atoms with E-state index < -0.39 is 9.84 Å². The van der Waals surface area contributed by atoms with Crippen LogP contribution in [0, 0.1) is 0 Å². The van der Waals surface area contributed by atoms with E-state index in [2.05, 4.69) is 31.3 Å². The number of hydrogen-bond donors (Lipinski definition) is 0. The first-order chi connectivity index (χ1) is 13.4. The predicted octanol–water partition coefficient (Wildman–Crippen LogP) is 2.06. The SMILES string of the molecule is O=C(Cn1nnc(-c2ccc(Br)cc2)n1)N(C1CCCC1)C1CCS(=O)(=O)C1. The van der Waals surface area contributed by atoms with Crippen LogP contribution in [0.3, 0.4) is 0 Å². The molecule has 10 heteroatoms. The molecular formula is C18H22BrN5O3S. The Balaban J connectivity index is 1.50. The fraction of sp³-hybridized carbons (Fsp3) is 0.556. The van der Waals surface area contributed by atoms with Crippen LogP contribution in [0.4, 0.5) is 0 Å². The molecular weight excluding hydrogens is 446 g/mol. The summed E-state index contributed by atoms with van der Waals surface area (Å²) < 4.78 is 24.8. The smallest absolute Gasteiger partial charge is 0.246 e. The van der Waals surface area contributed by atoms with E-state index >= 15 is 0 Å². The van der Waals surface area contributed by atoms with Crippen molar-refractivity contribution in [1.82, 2.24) is 25.1 Å². The molecule has 1 amide bonds. The van der Waals surface area contributed by atoms with Gasteiger partial charge in [0, 0.05) is 22.1 Å². The monoisotopic (exact) mass is 467 g/mol. The molecule has 0 radical (unpaired) electrons. The zero-order valence-corrected chi connectivity index (χ0v) is 17.8. The minimum atomic E-state index is -3.06. The molecule has 0 bridgehead atoms. The Hall–Kier alpha value is -1.81. The van der Waals surface area contributed by atoms with E-state index in [0.29, 0.717) is 12.2 Å². The highest BCUT2D eigenvalue weighted by atomic mass is 79.9. The second kappa shape index (κ2) is 7.90. The summed E-state index contributed by atoms with van der Waals surface area (Å²) in [6, 6.07) is 7.41. The third-order valence-corrected chi connectivity index (χ3v) is 7.72. The van der Waals surface area contributed by atoms with Gasteiger partial charge in [-0.05, 0) is 48.7 Å². The second-order valence-electron chi connectivity index (χ2n) is 7.45. The summed E-state index contributed by atoms with van der Waals surface area (Å²) in [7, 11) is -3.06. The number of aromatic nitrogens is 4. The highest BCUT2D eigenvalue weighted by Crippen LogP contribution is 2.29. The molecule has 28 heavy (non-hydrogen) atoms. The summed E-state index contributed by atoms with van der Waals surface area (Å²) in [4.78, 5) is 16.2. The number of rotatable bonds is 5. The van der Waals surface area contributed by atoms with Crippen LogP contribution in [-0.4, -0.2) is 63.0 Å². The van der Waals surface area contributed by atoms with Gasteiger partial charge in [-0.3, -0.25) is 4.79 Å². The fourth-order valence-electron chi connectivity index (χ4n) is 4.11. The van der Waals surface area contributed by atoms with Crippen molar-refractivity contribution in [1.29, 1.82) is 0 Å².